The highest BCUT2D eigenvalue weighted by atomic mass is 79.9. The average Bonchev–Trinajstić information content (AvgIpc) is 2.91. The van der Waals surface area contributed by atoms with Crippen LogP contribution in [0.15, 0.2) is 77.3 Å². The smallest absolute Gasteiger partial charge is 0.327 e. The number of non-ortho nitro benzene ring substituents is 2. The lowest BCUT2D eigenvalue weighted by molar-refractivity contribution is -0.385. The molecule has 3 N–H and O–H groups in total. The first-order chi connectivity index (χ1) is 18.5. The Hall–Kier alpha value is -5.18. The first-order valence-electron chi connectivity index (χ1n) is 10.9. The quantitative estimate of drug-likeness (QED) is 0.135. The first-order valence-corrected chi connectivity index (χ1v) is 11.7. The van der Waals surface area contributed by atoms with Crippen LogP contribution < -0.4 is 16.0 Å². The predicted molar refractivity (Wildman–Crippen MR) is 139 cm³/mol. The van der Waals surface area contributed by atoms with Gasteiger partial charge >= 0.3 is 5.97 Å². The summed E-state index contributed by atoms with van der Waals surface area (Å²) in [5.41, 5.74) is -0.699. The number of carbonyl (C=O) groups is 4. The number of benzene rings is 3. The Labute approximate surface area is 227 Å². The molecule has 0 saturated carbocycles. The normalized spacial score (nSPS) is 11.0. The van der Waals surface area contributed by atoms with E-state index in [0.717, 1.165) is 18.2 Å². The molecular weight excluding hydrogens is 582 g/mol. The molecule has 39 heavy (non-hydrogen) atoms. The second-order valence-electron chi connectivity index (χ2n) is 7.64. The van der Waals surface area contributed by atoms with E-state index in [1.54, 1.807) is 18.2 Å². The third-order valence-electron chi connectivity index (χ3n) is 4.87. The number of nitrogens with zero attached hydrogens (tertiary/aromatic N) is 2. The summed E-state index contributed by atoms with van der Waals surface area (Å²) in [6, 6.07) is 15.8. The van der Waals surface area contributed by atoms with Crippen molar-refractivity contribution < 1.29 is 33.8 Å². The molecule has 0 radical (unpaired) electrons. The van der Waals surface area contributed by atoms with Gasteiger partial charge in [0.05, 0.1) is 9.85 Å². The Bertz CT molecular complexity index is 1460. The van der Waals surface area contributed by atoms with E-state index in [1.165, 1.54) is 36.4 Å². The fourth-order valence-electron chi connectivity index (χ4n) is 3.07. The van der Waals surface area contributed by atoms with E-state index >= 15 is 0 Å². The summed E-state index contributed by atoms with van der Waals surface area (Å²) in [5.74, 6) is -3.89. The highest BCUT2D eigenvalue weighted by molar-refractivity contribution is 9.10. The Morgan fingerprint density at radius 1 is 0.821 bits per heavy atom. The summed E-state index contributed by atoms with van der Waals surface area (Å²) in [6.45, 7) is -0.755. The van der Waals surface area contributed by atoms with Gasteiger partial charge in [0.1, 0.15) is 6.54 Å². The van der Waals surface area contributed by atoms with Crippen molar-refractivity contribution in [3.8, 4) is 0 Å². The number of carbonyl (C=O) groups excluding carboxylic acids is 4. The van der Waals surface area contributed by atoms with Crippen LogP contribution in [-0.2, 0) is 14.3 Å². The third-order valence-corrected chi connectivity index (χ3v) is 5.37. The van der Waals surface area contributed by atoms with Crippen molar-refractivity contribution in [2.24, 2.45) is 0 Å². The molecule has 1 unspecified atom stereocenters. The Morgan fingerprint density at radius 2 is 1.38 bits per heavy atom. The number of nitrogens with one attached hydrogen (secondary N) is 3. The van der Waals surface area contributed by atoms with Crippen molar-refractivity contribution in [2.45, 2.75) is 6.23 Å². The molecule has 0 bridgehead atoms. The van der Waals surface area contributed by atoms with Crippen LogP contribution in [0.1, 0.15) is 20.7 Å². The maximum atomic E-state index is 12.9. The van der Waals surface area contributed by atoms with E-state index in [2.05, 4.69) is 31.9 Å². The number of nitro groups is 2. The lowest BCUT2D eigenvalue weighted by Gasteiger charge is -2.19. The molecule has 14 nitrogen and oxygen atoms in total. The topological polar surface area (TPSA) is 200 Å². The molecule has 3 rings (SSSR count). The van der Waals surface area contributed by atoms with Crippen LogP contribution in [0.5, 0.6) is 0 Å². The largest absolute Gasteiger partial charge is 0.431 e. The molecule has 200 valence electrons. The molecule has 0 spiro atoms. The van der Waals surface area contributed by atoms with Crippen molar-refractivity contribution in [3.05, 3.63) is 109 Å². The average molecular weight is 600 g/mol. The molecular formula is C24H18BrN5O9. The highest BCUT2D eigenvalue weighted by Crippen LogP contribution is 2.17. The molecule has 0 aromatic heterocycles. The molecule has 3 aromatic carbocycles. The Morgan fingerprint density at radius 3 is 1.95 bits per heavy atom. The molecule has 0 aliphatic carbocycles. The molecule has 15 heteroatoms. The van der Waals surface area contributed by atoms with Crippen LogP contribution in [0.25, 0.3) is 0 Å². The predicted octanol–water partition coefficient (Wildman–Crippen LogP) is 2.93. The molecule has 0 aliphatic heterocycles. The highest BCUT2D eigenvalue weighted by Gasteiger charge is 2.27. The Balaban J connectivity index is 1.73. The van der Waals surface area contributed by atoms with Gasteiger partial charge in [-0.15, -0.1) is 0 Å². The van der Waals surface area contributed by atoms with Gasteiger partial charge < -0.3 is 20.7 Å². The van der Waals surface area contributed by atoms with Crippen molar-refractivity contribution in [3.63, 3.8) is 0 Å². The summed E-state index contributed by atoms with van der Waals surface area (Å²) in [7, 11) is 0. The second-order valence-corrected chi connectivity index (χ2v) is 8.56. The van der Waals surface area contributed by atoms with Gasteiger partial charge in [0.2, 0.25) is 0 Å². The summed E-state index contributed by atoms with van der Waals surface area (Å²) < 4.78 is 5.70. The second kappa shape index (κ2) is 12.9. The summed E-state index contributed by atoms with van der Waals surface area (Å²) >= 11 is 3.25. The van der Waals surface area contributed by atoms with E-state index in [-0.39, 0.29) is 22.5 Å². The lowest BCUT2D eigenvalue weighted by atomic mass is 10.2. The first kappa shape index (κ1) is 28.4. The van der Waals surface area contributed by atoms with Crippen molar-refractivity contribution >= 4 is 56.7 Å². The maximum Gasteiger partial charge on any atom is 0.327 e. The van der Waals surface area contributed by atoms with Gasteiger partial charge in [-0.25, -0.2) is 0 Å². The van der Waals surface area contributed by atoms with Gasteiger partial charge in [-0.1, -0.05) is 34.1 Å². The van der Waals surface area contributed by atoms with Crippen molar-refractivity contribution in [1.29, 1.82) is 0 Å². The number of rotatable bonds is 10. The van der Waals surface area contributed by atoms with E-state index in [0.29, 0.717) is 10.2 Å². The zero-order valence-corrected chi connectivity index (χ0v) is 21.2. The van der Waals surface area contributed by atoms with Gasteiger partial charge in [0.15, 0.2) is 0 Å². The zero-order chi connectivity index (χ0) is 28.5. The van der Waals surface area contributed by atoms with Crippen molar-refractivity contribution in [2.75, 3.05) is 11.9 Å². The number of amides is 3. The Kier molecular flexibility index (Phi) is 9.37. The lowest BCUT2D eigenvalue weighted by Crippen LogP contribution is -2.48. The number of anilines is 1. The van der Waals surface area contributed by atoms with Crippen LogP contribution in [-0.4, -0.2) is 46.3 Å². The van der Waals surface area contributed by atoms with Gasteiger partial charge in [-0.3, -0.25) is 39.4 Å². The van der Waals surface area contributed by atoms with Crippen LogP contribution in [0, 0.1) is 20.2 Å². The number of hydrogen-bond acceptors (Lipinski definition) is 9. The maximum absolute atomic E-state index is 12.9. The van der Waals surface area contributed by atoms with Crippen LogP contribution in [0.3, 0.4) is 0 Å². The van der Waals surface area contributed by atoms with E-state index < -0.39 is 46.3 Å². The summed E-state index contributed by atoms with van der Waals surface area (Å²) in [6.07, 6.45) is -1.90. The third kappa shape index (κ3) is 8.16. The number of nitro benzene ring substituents is 2. The number of halogens is 1. The summed E-state index contributed by atoms with van der Waals surface area (Å²) in [4.78, 5) is 70.9. The zero-order valence-electron chi connectivity index (χ0n) is 19.7. The van der Waals surface area contributed by atoms with Crippen LogP contribution >= 0.6 is 15.9 Å². The van der Waals surface area contributed by atoms with Gasteiger partial charge in [-0.2, -0.15) is 0 Å². The summed E-state index contributed by atoms with van der Waals surface area (Å²) in [5, 5.41) is 28.8. The fourth-order valence-corrected chi connectivity index (χ4v) is 3.47. The van der Waals surface area contributed by atoms with Crippen LogP contribution in [0.2, 0.25) is 0 Å². The van der Waals surface area contributed by atoms with Gasteiger partial charge in [-0.05, 0) is 30.3 Å². The van der Waals surface area contributed by atoms with E-state index in [4.69, 9.17) is 4.74 Å². The minimum atomic E-state index is -1.90. The minimum Gasteiger partial charge on any atom is -0.431 e. The minimum absolute atomic E-state index is 0.0973. The molecule has 1 atom stereocenters. The number of esters is 1. The fraction of sp³-hybridized carbons (Fsp3) is 0.0833. The molecule has 0 fully saturated rings. The molecule has 0 saturated heterocycles. The molecule has 0 heterocycles. The van der Waals surface area contributed by atoms with Crippen LogP contribution in [0.4, 0.5) is 17.1 Å². The van der Waals surface area contributed by atoms with E-state index in [9.17, 15) is 39.4 Å². The molecule has 0 aliphatic rings. The number of ether oxygens (including phenoxy) is 1. The standard InChI is InChI=1S/C24H18BrN5O9/c25-16-6-3-7-17(12-16)27-23(34)24(28-22(33)15-5-2-9-19(11-15)30(37)38)39-20(31)13-26-21(32)14-4-1-8-18(10-14)29(35)36/h1-12,24H,13H2,(H,26,32)(H,27,34)(H,28,33). The van der Waals surface area contributed by atoms with Gasteiger partial charge in [0.25, 0.3) is 35.3 Å². The van der Waals surface area contributed by atoms with Crippen molar-refractivity contribution in [1.82, 2.24) is 10.6 Å². The number of hydrogen-bond donors (Lipinski definition) is 3. The molecule has 3 amide bonds. The monoisotopic (exact) mass is 599 g/mol. The van der Waals surface area contributed by atoms with Gasteiger partial charge in [0, 0.05) is 45.6 Å². The SMILES string of the molecule is O=C(CNC(=O)c1cccc([N+](=O)[O-])c1)OC(NC(=O)c1cccc([N+](=O)[O-])c1)C(=O)Nc1cccc(Br)c1. The molecule has 3 aromatic rings. The van der Waals surface area contributed by atoms with E-state index in [1.807, 2.05) is 0 Å².